The predicted octanol–water partition coefficient (Wildman–Crippen LogP) is 0.649. The highest BCUT2D eigenvalue weighted by atomic mass is 16.1. The smallest absolute Gasteiger partial charge is 0.315 e. The number of H-pyrrole nitrogens is 1. The van der Waals surface area contributed by atoms with Gasteiger partial charge in [0, 0.05) is 12.7 Å². The first-order valence-electron chi connectivity index (χ1n) is 5.61. The molecule has 1 aliphatic heterocycles. The van der Waals surface area contributed by atoms with Crippen LogP contribution < -0.4 is 11.0 Å². The van der Waals surface area contributed by atoms with E-state index in [4.69, 9.17) is 0 Å². The first kappa shape index (κ1) is 9.59. The number of hydrogen-bond donors (Lipinski definition) is 2. The topological polar surface area (TPSA) is 62.7 Å². The van der Waals surface area contributed by atoms with Crippen LogP contribution in [0.3, 0.4) is 0 Å². The maximum absolute atomic E-state index is 11.9. The number of fused-ring (bicyclic) bond motifs is 1. The Bertz CT molecular complexity index is 550. The van der Waals surface area contributed by atoms with Crippen LogP contribution in [0, 0.1) is 0 Å². The van der Waals surface area contributed by atoms with Crippen LogP contribution >= 0.6 is 0 Å². The second-order valence-electron chi connectivity index (χ2n) is 4.19. The fourth-order valence-electron chi connectivity index (χ4n) is 2.38. The molecule has 1 fully saturated rings. The lowest BCUT2D eigenvalue weighted by Crippen LogP contribution is -2.35. The maximum atomic E-state index is 11.9. The number of pyridine rings is 1. The minimum atomic E-state index is -0.0308. The zero-order valence-corrected chi connectivity index (χ0v) is 8.94. The average molecular weight is 218 g/mol. The van der Waals surface area contributed by atoms with E-state index in [0.29, 0.717) is 0 Å². The van der Waals surface area contributed by atoms with Gasteiger partial charge < -0.3 is 10.3 Å². The molecule has 5 nitrogen and oxygen atoms in total. The third-order valence-corrected chi connectivity index (χ3v) is 3.16. The average Bonchev–Trinajstić information content (AvgIpc) is 2.66. The van der Waals surface area contributed by atoms with Crippen LogP contribution in [0.25, 0.3) is 11.0 Å². The van der Waals surface area contributed by atoms with E-state index >= 15 is 0 Å². The van der Waals surface area contributed by atoms with Crippen LogP contribution in [0.5, 0.6) is 0 Å². The fourth-order valence-corrected chi connectivity index (χ4v) is 2.38. The van der Waals surface area contributed by atoms with Crippen molar-refractivity contribution in [2.45, 2.75) is 18.9 Å². The highest BCUT2D eigenvalue weighted by molar-refractivity contribution is 5.73. The minimum absolute atomic E-state index is 0.0308. The highest BCUT2D eigenvalue weighted by Crippen LogP contribution is 2.19. The van der Waals surface area contributed by atoms with E-state index in [1.165, 1.54) is 0 Å². The lowest BCUT2D eigenvalue weighted by atomic mass is 10.1. The number of nitrogens with zero attached hydrogens (tertiary/aromatic N) is 2. The monoisotopic (exact) mass is 218 g/mol. The largest absolute Gasteiger partial charge is 0.326 e. The Kier molecular flexibility index (Phi) is 2.25. The molecule has 0 aliphatic carbocycles. The molecule has 1 saturated heterocycles. The SMILES string of the molecule is O=c1[nH]c2ccncc2n1C1CCCNC1. The third kappa shape index (κ3) is 1.44. The molecule has 1 aliphatic rings. The van der Waals surface area contributed by atoms with Crippen molar-refractivity contribution in [2.75, 3.05) is 13.1 Å². The standard InChI is InChI=1S/C11H14N4O/c16-11-14-9-3-5-13-7-10(9)15(11)8-2-1-4-12-6-8/h3,5,7-8,12H,1-2,4,6H2,(H,14,16). The summed E-state index contributed by atoms with van der Waals surface area (Å²) in [5.41, 5.74) is 1.74. The van der Waals surface area contributed by atoms with Crippen molar-refractivity contribution in [3.05, 3.63) is 28.9 Å². The molecule has 3 heterocycles. The van der Waals surface area contributed by atoms with Crippen LogP contribution in [-0.2, 0) is 0 Å². The van der Waals surface area contributed by atoms with Gasteiger partial charge in [0.1, 0.15) is 0 Å². The lowest BCUT2D eigenvalue weighted by Gasteiger charge is -2.23. The number of hydrogen-bond acceptors (Lipinski definition) is 3. The molecule has 1 atom stereocenters. The van der Waals surface area contributed by atoms with Crippen LogP contribution in [0.2, 0.25) is 0 Å². The molecular formula is C11H14N4O. The predicted molar refractivity (Wildman–Crippen MR) is 61.5 cm³/mol. The summed E-state index contributed by atoms with van der Waals surface area (Å²) in [7, 11) is 0. The summed E-state index contributed by atoms with van der Waals surface area (Å²) in [5, 5.41) is 3.32. The molecule has 5 heteroatoms. The third-order valence-electron chi connectivity index (χ3n) is 3.16. The Morgan fingerprint density at radius 1 is 1.50 bits per heavy atom. The maximum Gasteiger partial charge on any atom is 0.326 e. The molecule has 2 aromatic rings. The van der Waals surface area contributed by atoms with Gasteiger partial charge in [-0.05, 0) is 25.5 Å². The first-order chi connectivity index (χ1) is 7.86. The van der Waals surface area contributed by atoms with E-state index in [0.717, 1.165) is 37.0 Å². The van der Waals surface area contributed by atoms with Crippen LogP contribution in [0.4, 0.5) is 0 Å². The Morgan fingerprint density at radius 2 is 2.44 bits per heavy atom. The van der Waals surface area contributed by atoms with E-state index in [2.05, 4.69) is 15.3 Å². The zero-order chi connectivity index (χ0) is 11.0. The lowest BCUT2D eigenvalue weighted by molar-refractivity contribution is 0.371. The highest BCUT2D eigenvalue weighted by Gasteiger charge is 2.19. The zero-order valence-electron chi connectivity index (χ0n) is 8.94. The van der Waals surface area contributed by atoms with Gasteiger partial charge in [-0.1, -0.05) is 0 Å². The molecule has 0 bridgehead atoms. The molecule has 0 amide bonds. The first-order valence-corrected chi connectivity index (χ1v) is 5.61. The van der Waals surface area contributed by atoms with E-state index < -0.39 is 0 Å². The summed E-state index contributed by atoms with van der Waals surface area (Å²) < 4.78 is 1.83. The van der Waals surface area contributed by atoms with E-state index in [9.17, 15) is 4.79 Å². The van der Waals surface area contributed by atoms with Crippen LogP contribution in [0.1, 0.15) is 18.9 Å². The van der Waals surface area contributed by atoms with Gasteiger partial charge in [0.2, 0.25) is 0 Å². The molecule has 2 aromatic heterocycles. The quantitative estimate of drug-likeness (QED) is 0.738. The Labute approximate surface area is 92.5 Å². The summed E-state index contributed by atoms with van der Waals surface area (Å²) in [6.45, 7) is 1.91. The van der Waals surface area contributed by atoms with Gasteiger partial charge in [-0.25, -0.2) is 4.79 Å². The van der Waals surface area contributed by atoms with Gasteiger partial charge in [0.25, 0.3) is 0 Å². The van der Waals surface area contributed by atoms with Crippen LogP contribution in [-0.4, -0.2) is 27.6 Å². The second kappa shape index (κ2) is 3.75. The van der Waals surface area contributed by atoms with Gasteiger partial charge in [-0.15, -0.1) is 0 Å². The molecule has 84 valence electrons. The fraction of sp³-hybridized carbons (Fsp3) is 0.455. The Balaban J connectivity index is 2.14. The Hall–Kier alpha value is -1.62. The van der Waals surface area contributed by atoms with Crippen molar-refractivity contribution < 1.29 is 0 Å². The number of rotatable bonds is 1. The van der Waals surface area contributed by atoms with Gasteiger partial charge in [-0.2, -0.15) is 0 Å². The summed E-state index contributed by atoms with van der Waals surface area (Å²) in [6, 6.07) is 2.09. The van der Waals surface area contributed by atoms with Gasteiger partial charge in [0.05, 0.1) is 23.3 Å². The van der Waals surface area contributed by atoms with Crippen molar-refractivity contribution in [1.29, 1.82) is 0 Å². The molecular weight excluding hydrogens is 204 g/mol. The Morgan fingerprint density at radius 3 is 3.25 bits per heavy atom. The molecule has 0 spiro atoms. The molecule has 16 heavy (non-hydrogen) atoms. The van der Waals surface area contributed by atoms with Gasteiger partial charge in [-0.3, -0.25) is 9.55 Å². The van der Waals surface area contributed by atoms with Gasteiger partial charge >= 0.3 is 5.69 Å². The van der Waals surface area contributed by atoms with Crippen molar-refractivity contribution in [3.8, 4) is 0 Å². The number of aromatic amines is 1. The van der Waals surface area contributed by atoms with Crippen molar-refractivity contribution in [1.82, 2.24) is 19.9 Å². The molecule has 0 aromatic carbocycles. The summed E-state index contributed by atoms with van der Waals surface area (Å²) in [6.07, 6.45) is 5.61. The van der Waals surface area contributed by atoms with Crippen molar-refractivity contribution in [2.24, 2.45) is 0 Å². The number of nitrogens with one attached hydrogen (secondary N) is 2. The van der Waals surface area contributed by atoms with E-state index in [1.54, 1.807) is 12.4 Å². The second-order valence-corrected chi connectivity index (χ2v) is 4.19. The molecule has 0 saturated carbocycles. The number of piperidine rings is 1. The van der Waals surface area contributed by atoms with Crippen molar-refractivity contribution >= 4 is 11.0 Å². The van der Waals surface area contributed by atoms with Crippen molar-refractivity contribution in [3.63, 3.8) is 0 Å². The van der Waals surface area contributed by atoms with Crippen LogP contribution in [0.15, 0.2) is 23.3 Å². The van der Waals surface area contributed by atoms with E-state index in [-0.39, 0.29) is 11.7 Å². The summed E-state index contributed by atoms with van der Waals surface area (Å²) in [5.74, 6) is 0. The summed E-state index contributed by atoms with van der Waals surface area (Å²) in [4.78, 5) is 18.8. The molecule has 2 N–H and O–H groups in total. The summed E-state index contributed by atoms with van der Waals surface area (Å²) >= 11 is 0. The normalized spacial score (nSPS) is 21.4. The molecule has 3 rings (SSSR count). The molecule has 0 radical (unpaired) electrons. The molecule has 1 unspecified atom stereocenters. The number of imidazole rings is 1. The van der Waals surface area contributed by atoms with E-state index in [1.807, 2.05) is 10.6 Å². The van der Waals surface area contributed by atoms with Gasteiger partial charge in [0.15, 0.2) is 0 Å². The number of aromatic nitrogens is 3. The minimum Gasteiger partial charge on any atom is -0.315 e.